The Kier molecular flexibility index (Phi) is 5.75. The molecular formula is C25H24N4O5. The van der Waals surface area contributed by atoms with Crippen LogP contribution in [0.25, 0.3) is 11.1 Å². The number of amides is 2. The molecule has 1 aliphatic carbocycles. The van der Waals surface area contributed by atoms with Gasteiger partial charge in [-0.1, -0.05) is 48.5 Å². The first-order valence-corrected chi connectivity index (χ1v) is 11.2. The molecule has 2 heterocycles. The second kappa shape index (κ2) is 9.01. The second-order valence-corrected chi connectivity index (χ2v) is 8.47. The van der Waals surface area contributed by atoms with E-state index in [0.29, 0.717) is 13.0 Å². The van der Waals surface area contributed by atoms with Gasteiger partial charge in [-0.15, -0.1) is 0 Å². The summed E-state index contributed by atoms with van der Waals surface area (Å²) in [5.74, 6) is -1.42. The number of piperidine rings is 1. The summed E-state index contributed by atoms with van der Waals surface area (Å²) in [6, 6.07) is 16.7. The van der Waals surface area contributed by atoms with E-state index in [0.717, 1.165) is 35.1 Å². The number of aromatic nitrogens is 2. The Morgan fingerprint density at radius 1 is 1.06 bits per heavy atom. The van der Waals surface area contributed by atoms with E-state index in [1.165, 1.54) is 11.0 Å². The molecule has 0 radical (unpaired) electrons. The SMILES string of the molecule is O=C(Nc1cc(C(=O)N2CCCCC2C(=O)O)[nH]n1)OCC1c2ccccc2-c2ccccc21. The number of nitrogens with zero attached hydrogens (tertiary/aromatic N) is 2. The normalized spacial score (nSPS) is 17.1. The molecule has 34 heavy (non-hydrogen) atoms. The summed E-state index contributed by atoms with van der Waals surface area (Å²) in [5.41, 5.74) is 4.61. The van der Waals surface area contributed by atoms with E-state index in [9.17, 15) is 19.5 Å². The molecule has 1 saturated heterocycles. The molecule has 2 aromatic carbocycles. The van der Waals surface area contributed by atoms with Gasteiger partial charge in [0.2, 0.25) is 0 Å². The number of likely N-dealkylation sites (tertiary alicyclic amines) is 1. The van der Waals surface area contributed by atoms with E-state index < -0.39 is 24.0 Å². The number of carboxylic acids is 1. The van der Waals surface area contributed by atoms with Crippen LogP contribution in [0.5, 0.6) is 0 Å². The number of aromatic amines is 1. The van der Waals surface area contributed by atoms with Crippen molar-refractivity contribution in [1.82, 2.24) is 15.1 Å². The van der Waals surface area contributed by atoms with Crippen molar-refractivity contribution in [2.75, 3.05) is 18.5 Å². The molecule has 1 fully saturated rings. The first-order chi connectivity index (χ1) is 16.5. The van der Waals surface area contributed by atoms with Crippen molar-refractivity contribution in [3.05, 3.63) is 71.4 Å². The average molecular weight is 460 g/mol. The fraction of sp³-hybridized carbons (Fsp3) is 0.280. The van der Waals surface area contributed by atoms with Crippen LogP contribution in [0.2, 0.25) is 0 Å². The third kappa shape index (κ3) is 4.00. The predicted molar refractivity (Wildman–Crippen MR) is 124 cm³/mol. The highest BCUT2D eigenvalue weighted by Gasteiger charge is 2.33. The van der Waals surface area contributed by atoms with E-state index in [1.807, 2.05) is 36.4 Å². The van der Waals surface area contributed by atoms with Gasteiger partial charge < -0.3 is 14.7 Å². The first kappa shape index (κ1) is 21.7. The van der Waals surface area contributed by atoms with Gasteiger partial charge in [-0.25, -0.2) is 9.59 Å². The molecule has 5 rings (SSSR count). The topological polar surface area (TPSA) is 125 Å². The van der Waals surface area contributed by atoms with Crippen LogP contribution in [0, 0.1) is 0 Å². The molecular weight excluding hydrogens is 436 g/mol. The third-order valence-corrected chi connectivity index (χ3v) is 6.43. The van der Waals surface area contributed by atoms with E-state index in [-0.39, 0.29) is 24.0 Å². The summed E-state index contributed by atoms with van der Waals surface area (Å²) < 4.78 is 5.50. The number of carbonyl (C=O) groups excluding carboxylic acids is 2. The van der Waals surface area contributed by atoms with E-state index in [1.54, 1.807) is 0 Å². The molecule has 3 aromatic rings. The lowest BCUT2D eigenvalue weighted by molar-refractivity contribution is -0.143. The minimum atomic E-state index is -1.02. The van der Waals surface area contributed by atoms with Gasteiger partial charge in [-0.05, 0) is 41.5 Å². The molecule has 1 aromatic heterocycles. The maximum atomic E-state index is 12.8. The summed E-state index contributed by atoms with van der Waals surface area (Å²) in [6.45, 7) is 0.522. The number of rotatable bonds is 5. The van der Waals surface area contributed by atoms with Crippen molar-refractivity contribution in [1.29, 1.82) is 0 Å². The molecule has 174 valence electrons. The van der Waals surface area contributed by atoms with Gasteiger partial charge in [0.15, 0.2) is 5.82 Å². The highest BCUT2D eigenvalue weighted by molar-refractivity contribution is 5.96. The number of carbonyl (C=O) groups is 3. The smallest absolute Gasteiger partial charge is 0.412 e. The second-order valence-electron chi connectivity index (χ2n) is 8.47. The summed E-state index contributed by atoms with van der Waals surface area (Å²) in [4.78, 5) is 38.1. The monoisotopic (exact) mass is 460 g/mol. The van der Waals surface area contributed by atoms with Crippen molar-refractivity contribution < 1.29 is 24.2 Å². The van der Waals surface area contributed by atoms with Crippen molar-refractivity contribution in [3.8, 4) is 11.1 Å². The molecule has 1 aliphatic heterocycles. The number of H-pyrrole nitrogens is 1. The quantitative estimate of drug-likeness (QED) is 0.531. The van der Waals surface area contributed by atoms with Gasteiger partial charge in [0.25, 0.3) is 5.91 Å². The Bertz CT molecular complexity index is 1210. The standard InChI is InChI=1S/C25H24N4O5/c30-23(29-12-6-5-11-21(29)24(31)32)20-13-22(28-27-20)26-25(33)34-14-19-17-9-3-1-7-15(17)16-8-2-4-10-18(16)19/h1-4,7-10,13,19,21H,5-6,11-12,14H2,(H,31,32)(H2,26,27,28,33). The van der Waals surface area contributed by atoms with Crippen molar-refractivity contribution >= 4 is 23.8 Å². The first-order valence-electron chi connectivity index (χ1n) is 11.2. The van der Waals surface area contributed by atoms with Crippen molar-refractivity contribution in [2.24, 2.45) is 0 Å². The lowest BCUT2D eigenvalue weighted by atomic mass is 9.98. The number of anilines is 1. The van der Waals surface area contributed by atoms with Crippen LogP contribution in [-0.4, -0.2) is 57.4 Å². The molecule has 3 N–H and O–H groups in total. The number of hydrogen-bond donors (Lipinski definition) is 3. The Morgan fingerprint density at radius 3 is 2.41 bits per heavy atom. The lowest BCUT2D eigenvalue weighted by Gasteiger charge is -2.32. The highest BCUT2D eigenvalue weighted by atomic mass is 16.5. The largest absolute Gasteiger partial charge is 0.480 e. The summed E-state index contributed by atoms with van der Waals surface area (Å²) >= 11 is 0. The number of nitrogens with one attached hydrogen (secondary N) is 2. The number of carboxylic acid groups (broad SMARTS) is 1. The van der Waals surface area contributed by atoms with Gasteiger partial charge in [-0.2, -0.15) is 5.10 Å². The van der Waals surface area contributed by atoms with Crippen LogP contribution in [0.15, 0.2) is 54.6 Å². The summed E-state index contributed by atoms with van der Waals surface area (Å²) in [5, 5.41) is 18.5. The van der Waals surface area contributed by atoms with Crippen LogP contribution in [-0.2, 0) is 9.53 Å². The lowest BCUT2D eigenvalue weighted by Crippen LogP contribution is -2.48. The average Bonchev–Trinajstić information content (AvgIpc) is 3.45. The zero-order valence-corrected chi connectivity index (χ0v) is 18.4. The molecule has 0 saturated carbocycles. The summed E-state index contributed by atoms with van der Waals surface area (Å²) in [6.07, 6.45) is 1.24. The Morgan fingerprint density at radius 2 is 1.74 bits per heavy atom. The van der Waals surface area contributed by atoms with Gasteiger partial charge >= 0.3 is 12.1 Å². The zero-order chi connectivity index (χ0) is 23.7. The number of benzene rings is 2. The van der Waals surface area contributed by atoms with Crippen LogP contribution >= 0.6 is 0 Å². The maximum absolute atomic E-state index is 12.8. The van der Waals surface area contributed by atoms with Crippen LogP contribution in [0.1, 0.15) is 46.8 Å². The number of ether oxygens (including phenoxy) is 1. The Labute approximate surface area is 195 Å². The Hall–Kier alpha value is -4.14. The highest BCUT2D eigenvalue weighted by Crippen LogP contribution is 2.44. The number of hydrogen-bond acceptors (Lipinski definition) is 5. The molecule has 0 spiro atoms. The zero-order valence-electron chi connectivity index (χ0n) is 18.4. The predicted octanol–water partition coefficient (Wildman–Crippen LogP) is 3.85. The van der Waals surface area contributed by atoms with E-state index >= 15 is 0 Å². The van der Waals surface area contributed by atoms with Gasteiger partial charge in [-0.3, -0.25) is 15.2 Å². The molecule has 1 unspecified atom stereocenters. The van der Waals surface area contributed by atoms with Crippen LogP contribution < -0.4 is 5.32 Å². The van der Waals surface area contributed by atoms with Crippen molar-refractivity contribution in [2.45, 2.75) is 31.2 Å². The molecule has 1 atom stereocenters. The van der Waals surface area contributed by atoms with E-state index in [2.05, 4.69) is 27.6 Å². The molecule has 9 nitrogen and oxygen atoms in total. The number of fused-ring (bicyclic) bond motifs is 3. The minimum Gasteiger partial charge on any atom is -0.480 e. The fourth-order valence-electron chi connectivity index (χ4n) is 4.82. The number of aliphatic carboxylic acids is 1. The third-order valence-electron chi connectivity index (χ3n) is 6.43. The maximum Gasteiger partial charge on any atom is 0.412 e. The molecule has 9 heteroatoms. The molecule has 0 bridgehead atoms. The fourth-order valence-corrected chi connectivity index (χ4v) is 4.82. The van der Waals surface area contributed by atoms with Gasteiger partial charge in [0.1, 0.15) is 18.3 Å². The van der Waals surface area contributed by atoms with Gasteiger partial charge in [0, 0.05) is 18.5 Å². The molecule has 2 amide bonds. The van der Waals surface area contributed by atoms with Gasteiger partial charge in [0.05, 0.1) is 0 Å². The summed E-state index contributed by atoms with van der Waals surface area (Å²) in [7, 11) is 0. The van der Waals surface area contributed by atoms with E-state index in [4.69, 9.17) is 4.74 Å². The van der Waals surface area contributed by atoms with Crippen molar-refractivity contribution in [3.63, 3.8) is 0 Å². The van der Waals surface area contributed by atoms with Crippen LogP contribution in [0.4, 0.5) is 10.6 Å². The van der Waals surface area contributed by atoms with Crippen LogP contribution in [0.3, 0.4) is 0 Å². The Balaban J connectivity index is 1.23. The molecule has 2 aliphatic rings. The minimum absolute atomic E-state index is 0.0680.